The fraction of sp³-hybridized carbons (Fsp3) is 0.273. The van der Waals surface area contributed by atoms with Crippen molar-refractivity contribution in [3.8, 4) is 0 Å². The molecule has 3 aromatic rings. The molecule has 0 aliphatic rings. The van der Waals surface area contributed by atoms with E-state index in [9.17, 15) is 0 Å². The summed E-state index contributed by atoms with van der Waals surface area (Å²) in [6, 6.07) is 0. The van der Waals surface area contributed by atoms with E-state index in [1.54, 1.807) is 30.1 Å². The van der Waals surface area contributed by atoms with E-state index in [0.29, 0.717) is 11.5 Å². The minimum Gasteiger partial charge on any atom is -0.356 e. The average Bonchev–Trinajstić information content (AvgIpc) is 3.00. The molecule has 0 aromatic carbocycles. The maximum Gasteiger partial charge on any atom is 0.203 e. The lowest BCUT2D eigenvalue weighted by molar-refractivity contribution is 0.601. The van der Waals surface area contributed by atoms with Crippen LogP contribution in [-0.2, 0) is 5.54 Å². The van der Waals surface area contributed by atoms with E-state index < -0.39 is 0 Å². The summed E-state index contributed by atoms with van der Waals surface area (Å²) in [5.41, 5.74) is 0.414. The molecule has 6 nitrogen and oxygen atoms in total. The van der Waals surface area contributed by atoms with Crippen LogP contribution >= 0.6 is 11.3 Å². The molecule has 3 heterocycles. The van der Waals surface area contributed by atoms with E-state index in [4.69, 9.17) is 0 Å². The maximum atomic E-state index is 4.34. The summed E-state index contributed by atoms with van der Waals surface area (Å²) in [7, 11) is 0. The molecule has 1 N–H and O–H groups in total. The second-order valence-electron chi connectivity index (χ2n) is 4.42. The Morgan fingerprint density at radius 3 is 2.94 bits per heavy atom. The van der Waals surface area contributed by atoms with Crippen LogP contribution in [0.4, 0.5) is 5.82 Å². The van der Waals surface area contributed by atoms with E-state index in [1.165, 1.54) is 0 Å². The van der Waals surface area contributed by atoms with Gasteiger partial charge in [-0.1, -0.05) is 0 Å². The molecule has 92 valence electrons. The summed E-state index contributed by atoms with van der Waals surface area (Å²) in [4.78, 5) is 8.65. The SMILES string of the molecule is CC(C)(Nc1nccn2cnnc12)c1nccs1. The van der Waals surface area contributed by atoms with Gasteiger partial charge in [0, 0.05) is 24.0 Å². The molecular formula is C11H12N6S. The average molecular weight is 260 g/mol. The Balaban J connectivity index is 1.99. The standard InChI is InChI=1S/C11H12N6S/c1-11(2,10-13-4-6-18-10)15-8-9-16-14-7-17(9)5-3-12-8/h3-7H,1-2H3,(H,12,15). The minimum absolute atomic E-state index is 0.297. The molecule has 18 heavy (non-hydrogen) atoms. The summed E-state index contributed by atoms with van der Waals surface area (Å²) >= 11 is 1.61. The summed E-state index contributed by atoms with van der Waals surface area (Å²) in [6.45, 7) is 4.13. The van der Waals surface area contributed by atoms with Crippen LogP contribution in [0.2, 0.25) is 0 Å². The Morgan fingerprint density at radius 1 is 1.28 bits per heavy atom. The number of anilines is 1. The molecule has 0 bridgehead atoms. The zero-order valence-corrected chi connectivity index (χ0v) is 10.8. The van der Waals surface area contributed by atoms with Gasteiger partial charge in [-0.2, -0.15) is 0 Å². The highest BCUT2D eigenvalue weighted by Crippen LogP contribution is 2.27. The summed E-state index contributed by atoms with van der Waals surface area (Å²) in [6.07, 6.45) is 6.99. The number of thiazole rings is 1. The largest absolute Gasteiger partial charge is 0.356 e. The van der Waals surface area contributed by atoms with Gasteiger partial charge < -0.3 is 5.32 Å². The molecule has 0 fully saturated rings. The first-order chi connectivity index (χ1) is 8.67. The summed E-state index contributed by atoms with van der Waals surface area (Å²) < 4.78 is 1.83. The van der Waals surface area contributed by atoms with E-state index in [2.05, 4.69) is 39.3 Å². The topological polar surface area (TPSA) is 68.0 Å². The van der Waals surface area contributed by atoms with Gasteiger partial charge in [-0.05, 0) is 13.8 Å². The molecule has 0 radical (unpaired) electrons. The smallest absolute Gasteiger partial charge is 0.203 e. The number of rotatable bonds is 3. The highest BCUT2D eigenvalue weighted by Gasteiger charge is 2.24. The van der Waals surface area contributed by atoms with Gasteiger partial charge in [-0.15, -0.1) is 21.5 Å². The van der Waals surface area contributed by atoms with Crippen molar-refractivity contribution in [2.24, 2.45) is 0 Å². The van der Waals surface area contributed by atoms with Gasteiger partial charge in [-0.3, -0.25) is 4.40 Å². The second-order valence-corrected chi connectivity index (χ2v) is 5.32. The Bertz CT molecular complexity index is 657. The first kappa shape index (κ1) is 11.1. The highest BCUT2D eigenvalue weighted by molar-refractivity contribution is 7.09. The van der Waals surface area contributed by atoms with Crippen molar-refractivity contribution in [3.63, 3.8) is 0 Å². The third-order valence-electron chi connectivity index (χ3n) is 2.61. The van der Waals surface area contributed by atoms with Crippen LogP contribution in [-0.4, -0.2) is 24.6 Å². The Kier molecular flexibility index (Phi) is 2.48. The molecule has 0 aliphatic carbocycles. The van der Waals surface area contributed by atoms with Crippen LogP contribution in [0.25, 0.3) is 5.65 Å². The molecule has 3 rings (SSSR count). The molecule has 7 heteroatoms. The fourth-order valence-corrected chi connectivity index (χ4v) is 2.45. The van der Waals surface area contributed by atoms with Crippen LogP contribution in [0.3, 0.4) is 0 Å². The molecule has 0 atom stereocenters. The summed E-state index contributed by atoms with van der Waals surface area (Å²) in [5, 5.41) is 14.3. The predicted octanol–water partition coefficient (Wildman–Crippen LogP) is 1.93. The molecule has 0 aliphatic heterocycles. The molecule has 0 amide bonds. The van der Waals surface area contributed by atoms with Crippen molar-refractivity contribution in [1.29, 1.82) is 0 Å². The van der Waals surface area contributed by atoms with Gasteiger partial charge >= 0.3 is 0 Å². The lowest BCUT2D eigenvalue weighted by atomic mass is 10.1. The zero-order valence-electron chi connectivity index (χ0n) is 10.0. The molecule has 0 spiro atoms. The fourth-order valence-electron chi connectivity index (χ4n) is 1.73. The minimum atomic E-state index is -0.297. The van der Waals surface area contributed by atoms with Gasteiger partial charge in [0.1, 0.15) is 11.3 Å². The first-order valence-corrected chi connectivity index (χ1v) is 6.37. The third-order valence-corrected chi connectivity index (χ3v) is 3.71. The second kappa shape index (κ2) is 4.02. The quantitative estimate of drug-likeness (QED) is 0.779. The van der Waals surface area contributed by atoms with Crippen molar-refractivity contribution in [2.45, 2.75) is 19.4 Å². The number of nitrogens with one attached hydrogen (secondary N) is 1. The summed E-state index contributed by atoms with van der Waals surface area (Å²) in [5.74, 6) is 0.704. The number of hydrogen-bond acceptors (Lipinski definition) is 6. The zero-order chi connectivity index (χ0) is 12.6. The van der Waals surface area contributed by atoms with Crippen LogP contribution in [0.1, 0.15) is 18.9 Å². The van der Waals surface area contributed by atoms with Gasteiger partial charge in [0.2, 0.25) is 5.65 Å². The van der Waals surface area contributed by atoms with Crippen molar-refractivity contribution < 1.29 is 0 Å². The molecular weight excluding hydrogens is 248 g/mol. The van der Waals surface area contributed by atoms with Gasteiger partial charge in [-0.25, -0.2) is 9.97 Å². The molecule has 0 saturated carbocycles. The highest BCUT2D eigenvalue weighted by atomic mass is 32.1. The van der Waals surface area contributed by atoms with Crippen LogP contribution in [0, 0.1) is 0 Å². The maximum absolute atomic E-state index is 4.34. The number of hydrogen-bond donors (Lipinski definition) is 1. The number of fused-ring (bicyclic) bond motifs is 1. The van der Waals surface area contributed by atoms with E-state index >= 15 is 0 Å². The van der Waals surface area contributed by atoms with Crippen molar-refractivity contribution in [3.05, 3.63) is 35.3 Å². The van der Waals surface area contributed by atoms with E-state index in [-0.39, 0.29) is 5.54 Å². The first-order valence-electron chi connectivity index (χ1n) is 5.49. The number of nitrogens with zero attached hydrogens (tertiary/aromatic N) is 5. The van der Waals surface area contributed by atoms with Crippen LogP contribution < -0.4 is 5.32 Å². The van der Waals surface area contributed by atoms with Gasteiger partial charge in [0.25, 0.3) is 0 Å². The van der Waals surface area contributed by atoms with E-state index in [1.807, 2.05) is 16.0 Å². The van der Waals surface area contributed by atoms with Crippen LogP contribution in [0.15, 0.2) is 30.3 Å². The molecule has 3 aromatic heterocycles. The number of aromatic nitrogens is 5. The third kappa shape index (κ3) is 1.82. The Hall–Kier alpha value is -2.02. The van der Waals surface area contributed by atoms with Crippen LogP contribution in [0.5, 0.6) is 0 Å². The Labute approximate surface area is 108 Å². The molecule has 0 unspecified atom stereocenters. The lowest BCUT2D eigenvalue weighted by Crippen LogP contribution is -2.28. The monoisotopic (exact) mass is 260 g/mol. The van der Waals surface area contributed by atoms with Crippen molar-refractivity contribution in [1.82, 2.24) is 24.6 Å². The van der Waals surface area contributed by atoms with Gasteiger partial charge in [0.05, 0.1) is 5.54 Å². The molecule has 0 saturated heterocycles. The van der Waals surface area contributed by atoms with Crippen molar-refractivity contribution >= 4 is 22.8 Å². The van der Waals surface area contributed by atoms with Crippen molar-refractivity contribution in [2.75, 3.05) is 5.32 Å². The predicted molar refractivity (Wildman–Crippen MR) is 69.5 cm³/mol. The lowest BCUT2D eigenvalue weighted by Gasteiger charge is -2.24. The van der Waals surface area contributed by atoms with E-state index in [0.717, 1.165) is 5.01 Å². The Morgan fingerprint density at radius 2 is 2.17 bits per heavy atom. The van der Waals surface area contributed by atoms with Gasteiger partial charge in [0.15, 0.2) is 5.82 Å². The normalized spacial score (nSPS) is 11.9.